The number of fused-ring (bicyclic) bond motifs is 1. The number of ether oxygens (including phenoxy) is 5. The topological polar surface area (TPSA) is 46.2 Å². The molecule has 0 atom stereocenters. The molecule has 0 amide bonds. The Labute approximate surface area is 145 Å². The molecule has 1 aliphatic rings. The molecule has 0 saturated heterocycles. The fourth-order valence-corrected chi connectivity index (χ4v) is 2.60. The molecule has 1 aromatic carbocycles. The van der Waals surface area contributed by atoms with E-state index in [4.69, 9.17) is 23.7 Å². The third-order valence-electron chi connectivity index (χ3n) is 3.88. The molecule has 5 heteroatoms. The van der Waals surface area contributed by atoms with Crippen LogP contribution in [0.1, 0.15) is 44.2 Å². The number of hydrogen-bond acceptors (Lipinski definition) is 5. The van der Waals surface area contributed by atoms with Gasteiger partial charge in [0, 0.05) is 12.2 Å². The number of benzene rings is 1. The van der Waals surface area contributed by atoms with Crippen LogP contribution in [0.2, 0.25) is 0 Å². The van der Waals surface area contributed by atoms with Gasteiger partial charge in [-0.05, 0) is 24.5 Å². The van der Waals surface area contributed by atoms with Crippen LogP contribution in [0.15, 0.2) is 12.1 Å². The lowest BCUT2D eigenvalue weighted by Gasteiger charge is -2.12. The van der Waals surface area contributed by atoms with Crippen molar-refractivity contribution in [1.82, 2.24) is 0 Å². The van der Waals surface area contributed by atoms with Gasteiger partial charge in [-0.25, -0.2) is 0 Å². The molecule has 0 saturated carbocycles. The van der Waals surface area contributed by atoms with Gasteiger partial charge in [-0.1, -0.05) is 32.8 Å². The summed E-state index contributed by atoms with van der Waals surface area (Å²) in [6.45, 7) is 8.47. The average Bonchev–Trinajstić information content (AvgIpc) is 3.07. The summed E-state index contributed by atoms with van der Waals surface area (Å²) in [6, 6.07) is 4.03. The van der Waals surface area contributed by atoms with Crippen LogP contribution in [0.4, 0.5) is 0 Å². The molecule has 0 fully saturated rings. The van der Waals surface area contributed by atoms with Gasteiger partial charge < -0.3 is 23.7 Å². The second kappa shape index (κ2) is 11.3. The normalized spacial score (nSPS) is 12.8. The van der Waals surface area contributed by atoms with E-state index in [1.54, 1.807) is 0 Å². The Morgan fingerprint density at radius 1 is 0.875 bits per heavy atom. The van der Waals surface area contributed by atoms with E-state index in [0.29, 0.717) is 39.8 Å². The van der Waals surface area contributed by atoms with E-state index in [9.17, 15) is 0 Å². The Kier molecular flexibility index (Phi) is 8.95. The Morgan fingerprint density at radius 3 is 2.38 bits per heavy atom. The van der Waals surface area contributed by atoms with E-state index in [0.717, 1.165) is 43.8 Å². The second-order valence-electron chi connectivity index (χ2n) is 5.82. The summed E-state index contributed by atoms with van der Waals surface area (Å²) in [4.78, 5) is 0. The summed E-state index contributed by atoms with van der Waals surface area (Å²) in [5.41, 5.74) is 2.38. The maximum atomic E-state index is 5.75. The lowest BCUT2D eigenvalue weighted by Crippen LogP contribution is -2.10. The van der Waals surface area contributed by atoms with Crippen LogP contribution in [-0.2, 0) is 27.2 Å². The maximum absolute atomic E-state index is 5.75. The van der Waals surface area contributed by atoms with Crippen LogP contribution >= 0.6 is 0 Å². The largest absolute Gasteiger partial charge is 0.454 e. The lowest BCUT2D eigenvalue weighted by molar-refractivity contribution is 0.0101. The summed E-state index contributed by atoms with van der Waals surface area (Å²) >= 11 is 0. The van der Waals surface area contributed by atoms with Gasteiger partial charge >= 0.3 is 0 Å². The summed E-state index contributed by atoms with van der Waals surface area (Å²) in [7, 11) is 0. The van der Waals surface area contributed by atoms with Crippen molar-refractivity contribution in [1.29, 1.82) is 0 Å². The molecular formula is C19H30O5. The van der Waals surface area contributed by atoms with E-state index in [1.165, 1.54) is 11.1 Å². The smallest absolute Gasteiger partial charge is 0.231 e. The minimum absolute atomic E-state index is 0.310. The summed E-state index contributed by atoms with van der Waals surface area (Å²) in [5, 5.41) is 0. The third kappa shape index (κ3) is 5.96. The van der Waals surface area contributed by atoms with Crippen molar-refractivity contribution in [2.45, 2.75) is 46.1 Å². The summed E-state index contributed by atoms with van der Waals surface area (Å²) < 4.78 is 27.8. The molecule has 136 valence electrons. The Balaban J connectivity index is 1.64. The van der Waals surface area contributed by atoms with Crippen molar-refractivity contribution >= 4 is 0 Å². The molecule has 0 unspecified atom stereocenters. The van der Waals surface area contributed by atoms with Crippen LogP contribution in [0, 0.1) is 0 Å². The van der Waals surface area contributed by atoms with Crippen LogP contribution < -0.4 is 9.47 Å². The standard InChI is InChI=1S/C19H30O5/c1-3-5-9-20-10-11-21-12-13-22-14-16-7-8-18-19(24-15-23-18)17(16)6-4-2/h7-8H,3-6,9-15H2,1-2H3. The van der Waals surface area contributed by atoms with Crippen molar-refractivity contribution < 1.29 is 23.7 Å². The minimum atomic E-state index is 0.310. The van der Waals surface area contributed by atoms with Gasteiger partial charge in [0.2, 0.25) is 6.79 Å². The first-order valence-electron chi connectivity index (χ1n) is 9.00. The third-order valence-corrected chi connectivity index (χ3v) is 3.88. The zero-order chi connectivity index (χ0) is 17.0. The zero-order valence-electron chi connectivity index (χ0n) is 15.0. The molecule has 24 heavy (non-hydrogen) atoms. The second-order valence-corrected chi connectivity index (χ2v) is 5.82. The molecule has 0 aromatic heterocycles. The van der Waals surface area contributed by atoms with Gasteiger partial charge in [0.25, 0.3) is 0 Å². The molecule has 1 aromatic rings. The molecule has 1 aliphatic heterocycles. The van der Waals surface area contributed by atoms with E-state index in [2.05, 4.69) is 19.9 Å². The Hall–Kier alpha value is -1.30. The number of hydrogen-bond donors (Lipinski definition) is 0. The van der Waals surface area contributed by atoms with Crippen molar-refractivity contribution in [3.63, 3.8) is 0 Å². The quantitative estimate of drug-likeness (QED) is 0.513. The highest BCUT2D eigenvalue weighted by Crippen LogP contribution is 2.38. The minimum Gasteiger partial charge on any atom is -0.454 e. The van der Waals surface area contributed by atoms with Crippen LogP contribution in [0.5, 0.6) is 11.5 Å². The number of rotatable bonds is 13. The van der Waals surface area contributed by atoms with E-state index < -0.39 is 0 Å². The monoisotopic (exact) mass is 338 g/mol. The van der Waals surface area contributed by atoms with Gasteiger partial charge in [-0.15, -0.1) is 0 Å². The average molecular weight is 338 g/mol. The van der Waals surface area contributed by atoms with Crippen LogP contribution in [-0.4, -0.2) is 39.8 Å². The van der Waals surface area contributed by atoms with Crippen molar-refractivity contribution in [3.05, 3.63) is 23.3 Å². The molecule has 0 spiro atoms. The van der Waals surface area contributed by atoms with Crippen LogP contribution in [0.3, 0.4) is 0 Å². The van der Waals surface area contributed by atoms with Crippen molar-refractivity contribution in [3.8, 4) is 11.5 Å². The first kappa shape index (κ1) is 19.0. The maximum Gasteiger partial charge on any atom is 0.231 e. The molecule has 0 N–H and O–H groups in total. The molecule has 1 heterocycles. The lowest BCUT2D eigenvalue weighted by atomic mass is 10.0. The Morgan fingerprint density at radius 2 is 1.62 bits per heavy atom. The highest BCUT2D eigenvalue weighted by Gasteiger charge is 2.20. The molecular weight excluding hydrogens is 308 g/mol. The van der Waals surface area contributed by atoms with Crippen molar-refractivity contribution in [2.24, 2.45) is 0 Å². The van der Waals surface area contributed by atoms with E-state index in [1.807, 2.05) is 6.07 Å². The predicted molar refractivity (Wildman–Crippen MR) is 92.8 cm³/mol. The van der Waals surface area contributed by atoms with Gasteiger partial charge in [0.05, 0.1) is 33.0 Å². The van der Waals surface area contributed by atoms with Gasteiger partial charge in [-0.2, -0.15) is 0 Å². The first-order chi connectivity index (χ1) is 11.9. The Bertz CT molecular complexity index is 475. The van der Waals surface area contributed by atoms with Gasteiger partial charge in [-0.3, -0.25) is 0 Å². The summed E-state index contributed by atoms with van der Waals surface area (Å²) in [6.07, 6.45) is 4.30. The molecule has 2 rings (SSSR count). The molecule has 0 radical (unpaired) electrons. The number of unbranched alkanes of at least 4 members (excludes halogenated alkanes) is 1. The zero-order valence-corrected chi connectivity index (χ0v) is 15.0. The van der Waals surface area contributed by atoms with Crippen molar-refractivity contribution in [2.75, 3.05) is 39.8 Å². The fourth-order valence-electron chi connectivity index (χ4n) is 2.60. The van der Waals surface area contributed by atoms with Gasteiger partial charge in [0.1, 0.15) is 0 Å². The van der Waals surface area contributed by atoms with Crippen LogP contribution in [0.25, 0.3) is 0 Å². The molecule has 0 bridgehead atoms. The van der Waals surface area contributed by atoms with Gasteiger partial charge in [0.15, 0.2) is 11.5 Å². The molecule has 5 nitrogen and oxygen atoms in total. The highest BCUT2D eigenvalue weighted by atomic mass is 16.7. The van der Waals surface area contributed by atoms with E-state index >= 15 is 0 Å². The summed E-state index contributed by atoms with van der Waals surface area (Å²) in [5.74, 6) is 1.73. The SMILES string of the molecule is CCCCOCCOCCOCc1ccc2c(c1CCC)OCO2. The van der Waals surface area contributed by atoms with E-state index in [-0.39, 0.29) is 0 Å². The molecule has 0 aliphatic carbocycles. The highest BCUT2D eigenvalue weighted by molar-refractivity contribution is 5.52. The first-order valence-corrected chi connectivity index (χ1v) is 9.00. The predicted octanol–water partition coefficient (Wildman–Crippen LogP) is 3.72. The fraction of sp³-hybridized carbons (Fsp3) is 0.684.